The Bertz CT molecular complexity index is 298. The molecule has 0 saturated carbocycles. The van der Waals surface area contributed by atoms with E-state index < -0.39 is 0 Å². The average molecular weight is 222 g/mol. The van der Waals surface area contributed by atoms with Crippen molar-refractivity contribution >= 4 is 5.97 Å². The molecular weight excluding hydrogens is 202 g/mol. The lowest BCUT2D eigenvalue weighted by Gasteiger charge is -2.02. The van der Waals surface area contributed by atoms with Gasteiger partial charge < -0.3 is 4.74 Å². The first-order chi connectivity index (χ1) is 7.83. The number of esters is 1. The molecule has 3 heteroatoms. The van der Waals surface area contributed by atoms with E-state index in [0.29, 0.717) is 13.2 Å². The Morgan fingerprint density at radius 2 is 1.88 bits per heavy atom. The highest BCUT2D eigenvalue weighted by Crippen LogP contribution is 1.98. The zero-order valence-electron chi connectivity index (χ0n) is 9.89. The third kappa shape index (κ3) is 5.49. The van der Waals surface area contributed by atoms with Crippen molar-refractivity contribution in [2.45, 2.75) is 39.2 Å². The predicted octanol–water partition coefficient (Wildman–Crippen LogP) is 2.10. The van der Waals surface area contributed by atoms with E-state index in [1.54, 1.807) is 0 Å². The average Bonchev–Trinajstić information content (AvgIpc) is 2.30. The standard InChI is InChI=1S/C13H20NO2/c1-2-3-4-8-11-16-13(15)12-14-9-6-5-7-10-14/h5-7,9-10H,2-4,8,11-12H2,1H3/q+1. The van der Waals surface area contributed by atoms with Gasteiger partial charge in [0.1, 0.15) is 0 Å². The maximum Gasteiger partial charge on any atom is 0.372 e. The van der Waals surface area contributed by atoms with E-state index in [0.717, 1.165) is 12.8 Å². The molecule has 0 N–H and O–H groups in total. The summed E-state index contributed by atoms with van der Waals surface area (Å²) >= 11 is 0. The maximum atomic E-state index is 11.4. The molecule has 0 saturated heterocycles. The zero-order chi connectivity index (χ0) is 11.6. The SMILES string of the molecule is CCCCCCOC(=O)C[n+]1ccccc1. The van der Waals surface area contributed by atoms with E-state index in [9.17, 15) is 4.79 Å². The highest BCUT2D eigenvalue weighted by Gasteiger charge is 2.08. The van der Waals surface area contributed by atoms with Crippen molar-refractivity contribution in [3.63, 3.8) is 0 Å². The summed E-state index contributed by atoms with van der Waals surface area (Å²) in [5, 5.41) is 0. The van der Waals surface area contributed by atoms with E-state index in [1.807, 2.05) is 35.2 Å². The van der Waals surface area contributed by atoms with Gasteiger partial charge in [-0.15, -0.1) is 0 Å². The normalized spacial score (nSPS) is 10.1. The Morgan fingerprint density at radius 3 is 2.56 bits per heavy atom. The van der Waals surface area contributed by atoms with E-state index >= 15 is 0 Å². The summed E-state index contributed by atoms with van der Waals surface area (Å²) in [4.78, 5) is 11.4. The summed E-state index contributed by atoms with van der Waals surface area (Å²) in [6.07, 6.45) is 8.25. The molecule has 1 heterocycles. The largest absolute Gasteiger partial charge is 0.461 e. The first kappa shape index (κ1) is 12.7. The lowest BCUT2D eigenvalue weighted by atomic mass is 10.2. The molecule has 0 aliphatic rings. The first-order valence-corrected chi connectivity index (χ1v) is 5.92. The number of hydrogen-bond acceptors (Lipinski definition) is 2. The summed E-state index contributed by atoms with van der Waals surface area (Å²) in [6.45, 7) is 3.01. The Morgan fingerprint density at radius 1 is 1.12 bits per heavy atom. The Labute approximate surface area is 97.1 Å². The number of carbonyl (C=O) groups excluding carboxylic acids is 1. The third-order valence-corrected chi connectivity index (χ3v) is 2.35. The summed E-state index contributed by atoms with van der Waals surface area (Å²) in [5.41, 5.74) is 0. The van der Waals surface area contributed by atoms with E-state index in [-0.39, 0.29) is 5.97 Å². The third-order valence-electron chi connectivity index (χ3n) is 2.35. The van der Waals surface area contributed by atoms with Crippen molar-refractivity contribution in [1.29, 1.82) is 0 Å². The number of ether oxygens (including phenoxy) is 1. The van der Waals surface area contributed by atoms with Crippen LogP contribution in [0.1, 0.15) is 32.6 Å². The van der Waals surface area contributed by atoms with Crippen LogP contribution in [0.2, 0.25) is 0 Å². The van der Waals surface area contributed by atoms with Gasteiger partial charge in [-0.2, -0.15) is 4.57 Å². The van der Waals surface area contributed by atoms with Gasteiger partial charge in [-0.3, -0.25) is 0 Å². The smallest absolute Gasteiger partial charge is 0.372 e. The van der Waals surface area contributed by atoms with Crippen LogP contribution in [0.5, 0.6) is 0 Å². The van der Waals surface area contributed by atoms with Gasteiger partial charge in [-0.05, 0) is 6.42 Å². The van der Waals surface area contributed by atoms with Crippen LogP contribution in [0.3, 0.4) is 0 Å². The minimum absolute atomic E-state index is 0.160. The molecule has 0 amide bonds. The molecule has 0 bridgehead atoms. The van der Waals surface area contributed by atoms with Crippen molar-refractivity contribution < 1.29 is 14.1 Å². The van der Waals surface area contributed by atoms with Gasteiger partial charge in [0, 0.05) is 12.1 Å². The molecule has 16 heavy (non-hydrogen) atoms. The minimum atomic E-state index is -0.160. The van der Waals surface area contributed by atoms with Crippen molar-refractivity contribution in [3.8, 4) is 0 Å². The lowest BCUT2D eigenvalue weighted by Crippen LogP contribution is -2.37. The molecule has 1 aromatic rings. The first-order valence-electron chi connectivity index (χ1n) is 5.92. The number of pyridine rings is 1. The van der Waals surface area contributed by atoms with Crippen LogP contribution in [-0.2, 0) is 16.1 Å². The molecule has 88 valence electrons. The van der Waals surface area contributed by atoms with Crippen molar-refractivity contribution in [2.75, 3.05) is 6.61 Å². The number of unbranched alkanes of at least 4 members (excludes halogenated alkanes) is 3. The molecule has 0 aromatic carbocycles. The summed E-state index contributed by atoms with van der Waals surface area (Å²) < 4.78 is 6.95. The topological polar surface area (TPSA) is 30.2 Å². The van der Waals surface area contributed by atoms with E-state index in [2.05, 4.69) is 6.92 Å². The second-order valence-corrected chi connectivity index (χ2v) is 3.83. The molecule has 0 spiro atoms. The summed E-state index contributed by atoms with van der Waals surface area (Å²) in [5.74, 6) is -0.160. The quantitative estimate of drug-likeness (QED) is 0.402. The van der Waals surface area contributed by atoms with Gasteiger partial charge in [-0.25, -0.2) is 4.79 Å². The van der Waals surface area contributed by atoms with Gasteiger partial charge in [-0.1, -0.05) is 32.3 Å². The number of hydrogen-bond donors (Lipinski definition) is 0. The zero-order valence-corrected chi connectivity index (χ0v) is 9.89. The minimum Gasteiger partial charge on any atom is -0.461 e. The molecule has 0 unspecified atom stereocenters. The van der Waals surface area contributed by atoms with Crippen LogP contribution in [0.4, 0.5) is 0 Å². The Kier molecular flexibility index (Phi) is 6.23. The van der Waals surface area contributed by atoms with Gasteiger partial charge in [0.05, 0.1) is 6.61 Å². The Hall–Kier alpha value is -1.38. The van der Waals surface area contributed by atoms with Crippen LogP contribution in [0.25, 0.3) is 0 Å². The fraction of sp³-hybridized carbons (Fsp3) is 0.538. The van der Waals surface area contributed by atoms with Crippen molar-refractivity contribution in [2.24, 2.45) is 0 Å². The fourth-order valence-corrected chi connectivity index (χ4v) is 1.45. The highest BCUT2D eigenvalue weighted by atomic mass is 16.5. The van der Waals surface area contributed by atoms with Gasteiger partial charge in [0.15, 0.2) is 12.4 Å². The monoisotopic (exact) mass is 222 g/mol. The molecular formula is C13H20NO2+. The second-order valence-electron chi connectivity index (χ2n) is 3.83. The maximum absolute atomic E-state index is 11.4. The van der Waals surface area contributed by atoms with E-state index in [4.69, 9.17) is 4.74 Å². The summed E-state index contributed by atoms with van der Waals surface area (Å²) in [6, 6.07) is 5.72. The van der Waals surface area contributed by atoms with Crippen LogP contribution in [0.15, 0.2) is 30.6 Å². The van der Waals surface area contributed by atoms with Gasteiger partial charge in [0.25, 0.3) is 0 Å². The van der Waals surface area contributed by atoms with Gasteiger partial charge in [0.2, 0.25) is 6.54 Å². The summed E-state index contributed by atoms with van der Waals surface area (Å²) in [7, 11) is 0. The molecule has 1 aromatic heterocycles. The van der Waals surface area contributed by atoms with Crippen molar-refractivity contribution in [3.05, 3.63) is 30.6 Å². The predicted molar refractivity (Wildman–Crippen MR) is 61.7 cm³/mol. The molecule has 3 nitrogen and oxygen atoms in total. The van der Waals surface area contributed by atoms with Crippen molar-refractivity contribution in [1.82, 2.24) is 0 Å². The van der Waals surface area contributed by atoms with Crippen LogP contribution >= 0.6 is 0 Å². The second kappa shape index (κ2) is 7.85. The number of carbonyl (C=O) groups is 1. The van der Waals surface area contributed by atoms with Gasteiger partial charge >= 0.3 is 5.97 Å². The molecule has 0 aliphatic carbocycles. The molecule has 0 atom stereocenters. The molecule has 0 radical (unpaired) electrons. The fourth-order valence-electron chi connectivity index (χ4n) is 1.45. The lowest BCUT2D eigenvalue weighted by molar-refractivity contribution is -0.686. The van der Waals surface area contributed by atoms with Crippen LogP contribution < -0.4 is 4.57 Å². The van der Waals surface area contributed by atoms with E-state index in [1.165, 1.54) is 12.8 Å². The number of aromatic nitrogens is 1. The highest BCUT2D eigenvalue weighted by molar-refractivity contribution is 5.67. The van der Waals surface area contributed by atoms with Crippen LogP contribution in [-0.4, -0.2) is 12.6 Å². The Balaban J connectivity index is 2.12. The number of nitrogens with zero attached hydrogens (tertiary/aromatic N) is 1. The molecule has 0 fully saturated rings. The number of rotatable bonds is 7. The molecule has 1 rings (SSSR count). The molecule has 0 aliphatic heterocycles. The van der Waals surface area contributed by atoms with Crippen LogP contribution in [0, 0.1) is 0 Å².